The number of hydrogen-bond acceptors (Lipinski definition) is 28. The standard InChI is InChI=1S/C37H58N10O7S2.C36H56N10O7S2/c38-24(36(51)52)13-18-55-21-27-32(49)33(50)35(54-27)47-23-44-31-25(42-22-43-34(31)47)19-40-16-8-3-1-2-7-14-39-15-9-4-10-17-41-29(48)12-6-5-11-28-30-26(20-56-28)45-37(53)46-30;37-32-29-33(42-21-41-32)46(22-43-29)34-31(49)30(48)25(53-34)20-54-18-13-23(35(50)51)39-16-9-3-1-2-7-14-38-15-8-4-10-17-40-27(47)12-6-5-11-26-28-24(19-55-26)44-36(52)45-28/h14,16,22-24,26-28,30,32-33,35,49-50H,1-13,15,17-21,38H2,(H,41,48)(H,51,52)(H2,45,46,53);14,16,21-26,28,30-31,34,48-49H,1-13,15,17-20H2,(H,40,47)(H,50,51)(H2,37,41,42)(H2,44,45,52)/t24-,26?,27+,28+,30?,32+,33+,35+;23-,24?,25+,26+,28?,30+,31+,34+/m00/s1. The smallest absolute Gasteiger partial charge is 0.328 e. The molecule has 0 aromatic carbocycles. The first-order chi connectivity index (χ1) is 53.9. The number of aliphatic hydroxyl groups excluding tert-OH is 4. The fraction of sp³-hybridized carbons (Fsp3) is 0.726. The summed E-state index contributed by atoms with van der Waals surface area (Å²) in [4.78, 5) is 113. The van der Waals surface area contributed by atoms with E-state index in [1.54, 1.807) is 10.8 Å². The van der Waals surface area contributed by atoms with Crippen molar-refractivity contribution in [1.82, 2.24) is 70.9 Å². The second kappa shape index (κ2) is 47.7. The van der Waals surface area contributed by atoms with Gasteiger partial charge in [-0.2, -0.15) is 47.0 Å². The number of unbranched alkanes of at least 4 members (excludes halogenated alkanes) is 14. The van der Waals surface area contributed by atoms with Gasteiger partial charge in [0.2, 0.25) is 11.8 Å². The topological polar surface area (TPSA) is 503 Å². The maximum absolute atomic E-state index is 12.2. The number of urea groups is 2. The number of carbonyl (C=O) groups excluding carboxylic acids is 4. The van der Waals surface area contributed by atoms with E-state index in [2.05, 4.69) is 81.8 Å². The minimum absolute atomic E-state index is 0.0534. The Morgan fingerprint density at radius 2 is 1.05 bits per heavy atom. The Bertz CT molecular complexity index is 3680. The first-order valence-corrected chi connectivity index (χ1v) is 43.7. The Hall–Kier alpha value is -6.88. The summed E-state index contributed by atoms with van der Waals surface area (Å²) in [5, 5.41) is 80.1. The Balaban J connectivity index is 0.000000255. The average Bonchev–Trinajstić information content (AvgIpc) is 1.63. The van der Waals surface area contributed by atoms with E-state index in [0.717, 1.165) is 159 Å². The fourth-order valence-corrected chi connectivity index (χ4v) is 19.2. The van der Waals surface area contributed by atoms with Gasteiger partial charge >= 0.3 is 24.0 Å². The lowest BCUT2D eigenvalue weighted by atomic mass is 10.0. The number of carboxylic acid groups (broad SMARTS) is 2. The normalized spacial score (nSPS) is 25.4. The van der Waals surface area contributed by atoms with Crippen LogP contribution in [0, 0.1) is 0 Å². The van der Waals surface area contributed by atoms with E-state index in [9.17, 15) is 54.3 Å². The quantitative estimate of drug-likeness (QED) is 0.0152. The van der Waals surface area contributed by atoms with Crippen molar-refractivity contribution in [2.75, 3.05) is 66.4 Å². The van der Waals surface area contributed by atoms with Gasteiger partial charge in [-0.25, -0.2) is 44.3 Å². The minimum Gasteiger partial charge on any atom is -0.480 e. The fourth-order valence-electron chi connectivity index (χ4n) is 13.9. The van der Waals surface area contributed by atoms with Crippen LogP contribution in [-0.4, -0.2) is 274 Å². The minimum atomic E-state index is -1.20. The third-order valence-electron chi connectivity index (χ3n) is 20.3. The van der Waals surface area contributed by atoms with Gasteiger partial charge in [0.1, 0.15) is 60.2 Å². The number of nitrogens with two attached hydrogens (primary N) is 2. The van der Waals surface area contributed by atoms with Crippen LogP contribution in [0.3, 0.4) is 0 Å². The molecular formula is C73H114N20O14S4. The third kappa shape index (κ3) is 28.0. The zero-order valence-corrected chi connectivity index (χ0v) is 66.4. The van der Waals surface area contributed by atoms with Gasteiger partial charge in [-0.3, -0.25) is 43.5 Å². The van der Waals surface area contributed by atoms with E-state index >= 15 is 0 Å². The van der Waals surface area contributed by atoms with Crippen molar-refractivity contribution in [3.63, 3.8) is 0 Å². The largest absolute Gasteiger partial charge is 0.480 e. The number of hydrogen-bond donors (Lipinski definition) is 14. The number of nitrogen functional groups attached to an aromatic ring is 1. The number of nitrogens with one attached hydrogen (secondary N) is 6. The lowest BCUT2D eigenvalue weighted by Crippen LogP contribution is -2.36. The lowest BCUT2D eigenvalue weighted by Gasteiger charge is -2.16. The van der Waals surface area contributed by atoms with Crippen LogP contribution in [0.5, 0.6) is 0 Å². The van der Waals surface area contributed by atoms with Crippen molar-refractivity contribution in [1.29, 1.82) is 0 Å². The molecule has 4 aromatic heterocycles. The maximum atomic E-state index is 12.2. The van der Waals surface area contributed by atoms with E-state index in [1.807, 2.05) is 42.2 Å². The van der Waals surface area contributed by atoms with Crippen LogP contribution >= 0.6 is 47.0 Å². The van der Waals surface area contributed by atoms with Gasteiger partial charge in [0.05, 0.1) is 61.3 Å². The van der Waals surface area contributed by atoms with Crippen LogP contribution in [-0.2, 0) is 35.2 Å². The van der Waals surface area contributed by atoms with Crippen molar-refractivity contribution in [3.05, 3.63) is 31.0 Å². The molecule has 6 fully saturated rings. The summed E-state index contributed by atoms with van der Waals surface area (Å²) in [5.74, 6) is 2.07. The van der Waals surface area contributed by atoms with Gasteiger partial charge in [-0.05, 0) is 165 Å². The number of rotatable bonds is 51. The van der Waals surface area contributed by atoms with Gasteiger partial charge in [-0.15, -0.1) is 0 Å². The van der Waals surface area contributed by atoms with Gasteiger partial charge in [0.15, 0.2) is 29.6 Å². The molecule has 0 spiro atoms. The molecule has 0 radical (unpaired) electrons. The highest BCUT2D eigenvalue weighted by Crippen LogP contribution is 2.37. The highest BCUT2D eigenvalue weighted by molar-refractivity contribution is 8.00. The molecule has 10 rings (SSSR count). The molecule has 6 amide bonds. The van der Waals surface area contributed by atoms with Gasteiger partial charge in [0, 0.05) is 72.5 Å². The summed E-state index contributed by atoms with van der Waals surface area (Å²) in [7, 11) is 0. The Morgan fingerprint density at radius 1 is 0.568 bits per heavy atom. The summed E-state index contributed by atoms with van der Waals surface area (Å²) in [6, 6.07) is -0.933. The SMILES string of the molecule is N[C@@H](CCSC[C@H]1O[C@@H](n2cnc3c(CN=CCCCCCC=NCCCCCNC(=O)CCCC[C@H]4SCC5NC(=O)NC54)ncnc32)[C@H](O)[C@@H]1O)C(=O)O.Nc1ncnc2c1ncn2[C@@H]1O[C@H](CSCC[C@H](N=CCCCCCC=NCCCCCNC(=O)CCCC[C@H]2SCC3NC(=O)NC32)C(=O)O)[C@@H](O)[C@H]1O. The predicted molar refractivity (Wildman–Crippen MR) is 433 cm³/mol. The van der Waals surface area contributed by atoms with Crippen LogP contribution < -0.4 is 43.4 Å². The highest BCUT2D eigenvalue weighted by Gasteiger charge is 2.47. The van der Waals surface area contributed by atoms with Crippen molar-refractivity contribution < 1.29 is 68.9 Å². The van der Waals surface area contributed by atoms with Crippen LogP contribution in [0.15, 0.2) is 45.3 Å². The molecule has 6 aliphatic heterocycles. The van der Waals surface area contributed by atoms with Crippen LogP contribution in [0.25, 0.3) is 22.3 Å². The highest BCUT2D eigenvalue weighted by atomic mass is 32.2. The summed E-state index contributed by atoms with van der Waals surface area (Å²) in [5.41, 5.74) is 13.9. The molecule has 4 unspecified atom stereocenters. The molecule has 4 aromatic rings. The number of amides is 6. The van der Waals surface area contributed by atoms with Crippen molar-refractivity contribution in [2.24, 2.45) is 25.7 Å². The molecule has 0 aliphatic carbocycles. The number of fused-ring (bicyclic) bond motifs is 4. The number of aromatic nitrogens is 8. The second-order valence-electron chi connectivity index (χ2n) is 28.7. The predicted octanol–water partition coefficient (Wildman–Crippen LogP) is 5.29. The molecule has 0 saturated carbocycles. The molecule has 16 N–H and O–H groups in total. The second-order valence-corrected chi connectivity index (χ2v) is 33.6. The summed E-state index contributed by atoms with van der Waals surface area (Å²) < 4.78 is 15.1. The van der Waals surface area contributed by atoms with Gasteiger partial charge < -0.3 is 83.5 Å². The molecular weight excluding hydrogens is 1510 g/mol. The van der Waals surface area contributed by atoms with E-state index in [1.165, 1.54) is 53.4 Å². The molecule has 38 heteroatoms. The average molecular weight is 1620 g/mol. The van der Waals surface area contributed by atoms with Crippen molar-refractivity contribution in [3.8, 4) is 0 Å². The number of nitrogens with zero attached hydrogens (tertiary/aromatic N) is 12. The van der Waals surface area contributed by atoms with E-state index in [0.29, 0.717) is 113 Å². The third-order valence-corrected chi connectivity index (χ3v) is 25.5. The molecule has 6 aliphatic rings. The number of ether oxygens (including phenoxy) is 2. The van der Waals surface area contributed by atoms with E-state index in [-0.39, 0.29) is 53.9 Å². The lowest BCUT2D eigenvalue weighted by molar-refractivity contribution is -0.139. The van der Waals surface area contributed by atoms with Crippen molar-refractivity contribution >= 4 is 136 Å². The van der Waals surface area contributed by atoms with E-state index < -0.39 is 73.1 Å². The zero-order valence-electron chi connectivity index (χ0n) is 63.1. The van der Waals surface area contributed by atoms with Gasteiger partial charge in [0.25, 0.3) is 0 Å². The van der Waals surface area contributed by atoms with Crippen molar-refractivity contribution in [2.45, 2.75) is 269 Å². The molecule has 614 valence electrons. The molecule has 34 nitrogen and oxygen atoms in total. The number of aliphatic imine (C=N–C) groups is 4. The summed E-state index contributed by atoms with van der Waals surface area (Å²) in [6.45, 7) is 3.36. The number of aliphatic carboxylic acids is 2. The number of carbonyl (C=O) groups is 6. The first-order valence-electron chi connectivity index (χ1n) is 39.3. The Labute approximate surface area is 664 Å². The first kappa shape index (κ1) is 88.1. The number of imidazole rings is 2. The Kier molecular flexibility index (Phi) is 37.9. The molecule has 6 saturated heterocycles. The number of carboxylic acids is 2. The summed E-state index contributed by atoms with van der Waals surface area (Å²) in [6.07, 6.45) is 28.6. The number of thioether (sulfide) groups is 4. The number of anilines is 1. The van der Waals surface area contributed by atoms with Crippen LogP contribution in [0.1, 0.15) is 185 Å². The summed E-state index contributed by atoms with van der Waals surface area (Å²) >= 11 is 6.67. The molecule has 0 bridgehead atoms. The Morgan fingerprint density at radius 3 is 1.57 bits per heavy atom. The van der Waals surface area contributed by atoms with E-state index in [4.69, 9.17) is 26.0 Å². The van der Waals surface area contributed by atoms with Crippen LogP contribution in [0.2, 0.25) is 0 Å². The van der Waals surface area contributed by atoms with Crippen LogP contribution in [0.4, 0.5) is 15.4 Å². The van der Waals surface area contributed by atoms with Gasteiger partial charge in [-0.1, -0.05) is 25.7 Å². The molecule has 111 heavy (non-hydrogen) atoms. The monoisotopic (exact) mass is 1620 g/mol. The zero-order chi connectivity index (χ0) is 78.7. The molecule has 10 heterocycles. The maximum Gasteiger partial charge on any atom is 0.328 e. The number of aliphatic hydroxyl groups is 4. The molecule has 16 atom stereocenters.